The summed E-state index contributed by atoms with van der Waals surface area (Å²) in [6.45, 7) is 7.03. The maximum atomic E-state index is 12.2. The fraction of sp³-hybridized carbons (Fsp3) is 0.273. The van der Waals surface area contributed by atoms with Crippen molar-refractivity contribution in [3.05, 3.63) is 47.5 Å². The third-order valence-corrected chi connectivity index (χ3v) is 6.57. The van der Waals surface area contributed by atoms with E-state index >= 15 is 0 Å². The van der Waals surface area contributed by atoms with E-state index in [0.717, 1.165) is 6.07 Å². The number of amides is 1. The fourth-order valence-corrected chi connectivity index (χ4v) is 4.67. The Morgan fingerprint density at radius 3 is 2.09 bits per heavy atom. The van der Waals surface area contributed by atoms with Gasteiger partial charge in [0.25, 0.3) is 20.2 Å². The smallest absolute Gasteiger partial charge is 0.295 e. The van der Waals surface area contributed by atoms with Crippen LogP contribution in [-0.4, -0.2) is 43.0 Å². The van der Waals surface area contributed by atoms with Crippen molar-refractivity contribution >= 4 is 67.0 Å². The van der Waals surface area contributed by atoms with Gasteiger partial charge in [-0.15, -0.1) is 0 Å². The lowest BCUT2D eigenvalue weighted by Gasteiger charge is -2.15. The summed E-state index contributed by atoms with van der Waals surface area (Å²) in [4.78, 5) is 11.2. The quantitative estimate of drug-likeness (QED) is 0.189. The van der Waals surface area contributed by atoms with Crippen molar-refractivity contribution in [2.75, 3.05) is 10.6 Å². The largest absolute Gasteiger partial charge is 0.360 e. The van der Waals surface area contributed by atoms with Crippen LogP contribution in [0.3, 0.4) is 0 Å². The van der Waals surface area contributed by atoms with Crippen LogP contribution in [-0.2, 0) is 25.0 Å². The van der Waals surface area contributed by atoms with Crippen LogP contribution in [0.15, 0.2) is 46.2 Å². The number of nitrogens with one attached hydrogen (secondary N) is 3. The second-order valence-corrected chi connectivity index (χ2v) is 11.3. The molecule has 0 aliphatic carbocycles. The molecule has 0 unspecified atom stereocenters. The van der Waals surface area contributed by atoms with Crippen LogP contribution >= 0.6 is 12.2 Å². The second-order valence-electron chi connectivity index (χ2n) is 8.15. The van der Waals surface area contributed by atoms with Crippen LogP contribution in [0.4, 0.5) is 11.4 Å². The van der Waals surface area contributed by atoms with Crippen molar-refractivity contribution in [2.45, 2.75) is 43.5 Å². The number of carbonyl (C=O) groups is 1. The molecule has 35 heavy (non-hydrogen) atoms. The van der Waals surface area contributed by atoms with E-state index in [-0.39, 0.29) is 33.7 Å². The first kappa shape index (κ1) is 28.4. The maximum Gasteiger partial charge on any atom is 0.295 e. The summed E-state index contributed by atoms with van der Waals surface area (Å²) in [6, 6.07) is 8.01. The SMILES string of the molecule is CC(C)NC(=S)Nc1ccc(C=Cc2c(NC(=O)C(C)C)cccc2S(=O)(=O)O)c(S(=O)(=O)O)c1. The van der Waals surface area contributed by atoms with Gasteiger partial charge in [-0.3, -0.25) is 13.9 Å². The zero-order valence-corrected chi connectivity index (χ0v) is 21.9. The van der Waals surface area contributed by atoms with Gasteiger partial charge in [0.1, 0.15) is 9.79 Å². The van der Waals surface area contributed by atoms with Crippen LogP contribution in [0.2, 0.25) is 0 Å². The number of thiocarbonyl (C=S) groups is 1. The molecule has 0 radical (unpaired) electrons. The van der Waals surface area contributed by atoms with Crippen molar-refractivity contribution in [1.29, 1.82) is 0 Å². The number of carbonyl (C=O) groups excluding carboxylic acids is 1. The van der Waals surface area contributed by atoms with E-state index in [4.69, 9.17) is 12.2 Å². The molecule has 0 heterocycles. The minimum Gasteiger partial charge on any atom is -0.360 e. The molecule has 0 saturated carbocycles. The van der Waals surface area contributed by atoms with E-state index < -0.39 is 41.9 Å². The van der Waals surface area contributed by atoms with Gasteiger partial charge in [-0.2, -0.15) is 16.8 Å². The zero-order valence-electron chi connectivity index (χ0n) is 19.4. The van der Waals surface area contributed by atoms with Crippen molar-refractivity contribution in [1.82, 2.24) is 5.32 Å². The predicted octanol–water partition coefficient (Wildman–Crippen LogP) is 3.64. The van der Waals surface area contributed by atoms with Crippen molar-refractivity contribution in [3.63, 3.8) is 0 Å². The van der Waals surface area contributed by atoms with Gasteiger partial charge in [0, 0.05) is 28.9 Å². The topological polar surface area (TPSA) is 162 Å². The number of anilines is 2. The Hall–Kier alpha value is -2.84. The summed E-state index contributed by atoms with van der Waals surface area (Å²) < 4.78 is 67.4. The molecule has 2 aromatic rings. The van der Waals surface area contributed by atoms with Gasteiger partial charge in [-0.1, -0.05) is 38.1 Å². The van der Waals surface area contributed by atoms with E-state index in [1.165, 1.54) is 42.5 Å². The molecule has 13 heteroatoms. The summed E-state index contributed by atoms with van der Waals surface area (Å²) in [5.41, 5.74) is 0.324. The number of hydrogen-bond acceptors (Lipinski definition) is 6. The number of hydrogen-bond donors (Lipinski definition) is 5. The molecule has 0 aliphatic rings. The molecule has 0 aromatic heterocycles. The third kappa shape index (κ3) is 8.11. The molecule has 0 spiro atoms. The van der Waals surface area contributed by atoms with Gasteiger partial charge < -0.3 is 16.0 Å². The molecule has 5 N–H and O–H groups in total. The third-order valence-electron chi connectivity index (χ3n) is 4.52. The zero-order chi connectivity index (χ0) is 26.6. The highest BCUT2D eigenvalue weighted by Gasteiger charge is 2.20. The molecule has 0 aliphatic heterocycles. The van der Waals surface area contributed by atoms with Crippen LogP contribution in [0.5, 0.6) is 0 Å². The second kappa shape index (κ2) is 11.3. The van der Waals surface area contributed by atoms with Crippen molar-refractivity contribution in [2.24, 2.45) is 5.92 Å². The Kier molecular flexibility index (Phi) is 9.14. The standard InChI is InChI=1S/C22H27N3O7S3/c1-13(2)21(26)25-18-6-5-7-19(34(27,28)29)17(18)11-9-15-8-10-16(12-20(15)35(30,31)32)24-22(33)23-14(3)4/h5-14H,1-4H3,(H,25,26)(H2,23,24,33)(H,27,28,29)(H,30,31,32). The Labute approximate surface area is 210 Å². The van der Waals surface area contributed by atoms with Gasteiger partial charge in [-0.05, 0) is 55.9 Å². The van der Waals surface area contributed by atoms with Crippen LogP contribution in [0, 0.1) is 5.92 Å². The monoisotopic (exact) mass is 541 g/mol. The summed E-state index contributed by atoms with van der Waals surface area (Å²) in [5.74, 6) is -0.809. The lowest BCUT2D eigenvalue weighted by molar-refractivity contribution is -0.118. The van der Waals surface area contributed by atoms with E-state index in [1.807, 2.05) is 13.8 Å². The average Bonchev–Trinajstić information content (AvgIpc) is 2.71. The molecule has 0 bridgehead atoms. The summed E-state index contributed by atoms with van der Waals surface area (Å²) in [5, 5.41) is 8.59. The van der Waals surface area contributed by atoms with Gasteiger partial charge in [-0.25, -0.2) is 0 Å². The van der Waals surface area contributed by atoms with E-state index in [2.05, 4.69) is 16.0 Å². The highest BCUT2D eigenvalue weighted by Crippen LogP contribution is 2.29. The minimum absolute atomic E-state index is 0.0204. The Morgan fingerprint density at radius 2 is 1.54 bits per heavy atom. The van der Waals surface area contributed by atoms with Crippen LogP contribution < -0.4 is 16.0 Å². The highest BCUT2D eigenvalue weighted by atomic mass is 32.2. The Bertz CT molecular complexity index is 1370. The molecular formula is C22H27N3O7S3. The van der Waals surface area contributed by atoms with E-state index in [1.54, 1.807) is 13.8 Å². The molecule has 2 rings (SSSR count). The Morgan fingerprint density at radius 1 is 0.914 bits per heavy atom. The molecule has 1 amide bonds. The molecule has 10 nitrogen and oxygen atoms in total. The first-order valence-corrected chi connectivity index (χ1v) is 13.7. The predicted molar refractivity (Wildman–Crippen MR) is 139 cm³/mol. The van der Waals surface area contributed by atoms with Gasteiger partial charge in [0.15, 0.2) is 5.11 Å². The van der Waals surface area contributed by atoms with E-state index in [9.17, 15) is 30.7 Å². The highest BCUT2D eigenvalue weighted by molar-refractivity contribution is 7.86. The van der Waals surface area contributed by atoms with E-state index in [0.29, 0.717) is 0 Å². The number of benzene rings is 2. The summed E-state index contributed by atoms with van der Waals surface area (Å²) in [6.07, 6.45) is 2.47. The molecular weight excluding hydrogens is 514 g/mol. The molecule has 0 atom stereocenters. The van der Waals surface area contributed by atoms with Crippen LogP contribution in [0.1, 0.15) is 38.8 Å². The average molecular weight is 542 g/mol. The lowest BCUT2D eigenvalue weighted by atomic mass is 10.1. The van der Waals surface area contributed by atoms with Gasteiger partial charge in [0.2, 0.25) is 5.91 Å². The minimum atomic E-state index is -4.69. The maximum absolute atomic E-state index is 12.2. The Balaban J connectivity index is 2.59. The first-order valence-electron chi connectivity index (χ1n) is 10.4. The number of rotatable bonds is 8. The normalized spacial score (nSPS) is 12.2. The fourth-order valence-electron chi connectivity index (χ4n) is 2.90. The van der Waals surface area contributed by atoms with Crippen LogP contribution in [0.25, 0.3) is 12.2 Å². The molecule has 2 aromatic carbocycles. The van der Waals surface area contributed by atoms with Crippen molar-refractivity contribution < 1.29 is 30.7 Å². The summed E-state index contributed by atoms with van der Waals surface area (Å²) >= 11 is 5.15. The summed E-state index contributed by atoms with van der Waals surface area (Å²) in [7, 11) is -9.38. The van der Waals surface area contributed by atoms with Gasteiger partial charge in [0.05, 0.1) is 0 Å². The molecule has 190 valence electrons. The molecule has 0 saturated heterocycles. The molecule has 0 fully saturated rings. The first-order chi connectivity index (χ1) is 16.1. The lowest BCUT2D eigenvalue weighted by Crippen LogP contribution is -2.33. The van der Waals surface area contributed by atoms with Crippen molar-refractivity contribution in [3.8, 4) is 0 Å². The van der Waals surface area contributed by atoms with Gasteiger partial charge >= 0.3 is 0 Å².